The van der Waals surface area contributed by atoms with Crippen molar-refractivity contribution in [3.8, 4) is 11.5 Å². The van der Waals surface area contributed by atoms with Crippen molar-refractivity contribution in [1.82, 2.24) is 31.9 Å². The van der Waals surface area contributed by atoms with Gasteiger partial charge in [-0.3, -0.25) is 0 Å². The smallest absolute Gasteiger partial charge is 0.124 e. The summed E-state index contributed by atoms with van der Waals surface area (Å²) in [6.07, 6.45) is 0. The summed E-state index contributed by atoms with van der Waals surface area (Å²) >= 11 is 0. The zero-order valence-corrected chi connectivity index (χ0v) is 25.7. The summed E-state index contributed by atoms with van der Waals surface area (Å²) in [5.74, 6) is 0.774. The fourth-order valence-corrected chi connectivity index (χ4v) is 4.77. The van der Waals surface area contributed by atoms with Gasteiger partial charge >= 0.3 is 0 Å². The fourth-order valence-electron chi connectivity index (χ4n) is 4.77. The van der Waals surface area contributed by atoms with E-state index in [9.17, 15) is 10.2 Å². The van der Waals surface area contributed by atoms with Gasteiger partial charge in [-0.05, 0) is 22.0 Å². The Morgan fingerprint density at radius 3 is 0.875 bits per heavy atom. The fraction of sp³-hybridized carbons (Fsp3) is 0.625. The molecule has 0 amide bonds. The normalized spacial score (nSPS) is 18.1. The first-order valence-electron chi connectivity index (χ1n) is 14.9. The van der Waals surface area contributed by atoms with Crippen LogP contribution in [0.15, 0.2) is 24.3 Å². The molecule has 40 heavy (non-hydrogen) atoms. The predicted octanol–water partition coefficient (Wildman–Crippen LogP) is 2.94. The van der Waals surface area contributed by atoms with Crippen molar-refractivity contribution in [2.75, 3.05) is 52.4 Å². The molecule has 0 spiro atoms. The van der Waals surface area contributed by atoms with Gasteiger partial charge in [0.05, 0.1) is 0 Å². The summed E-state index contributed by atoms with van der Waals surface area (Å²) in [5.41, 5.74) is 6.27. The molecule has 0 radical (unpaired) electrons. The highest BCUT2D eigenvalue weighted by Crippen LogP contribution is 2.32. The third-order valence-corrected chi connectivity index (χ3v) is 7.44. The number of nitrogens with one attached hydrogen (secondary N) is 6. The summed E-state index contributed by atoms with van der Waals surface area (Å²) in [4.78, 5) is 0. The second kappa shape index (κ2) is 15.1. The van der Waals surface area contributed by atoms with Crippen molar-refractivity contribution < 1.29 is 10.2 Å². The van der Waals surface area contributed by atoms with E-state index in [4.69, 9.17) is 0 Å². The third-order valence-electron chi connectivity index (χ3n) is 7.44. The molecule has 0 unspecified atom stereocenters. The number of phenols is 2. The molecule has 0 saturated heterocycles. The van der Waals surface area contributed by atoms with Crippen molar-refractivity contribution in [3.05, 3.63) is 57.6 Å². The van der Waals surface area contributed by atoms with Gasteiger partial charge in [-0.1, -0.05) is 65.8 Å². The molecule has 0 atom stereocenters. The van der Waals surface area contributed by atoms with Crippen LogP contribution in [0.2, 0.25) is 0 Å². The molecule has 2 aromatic rings. The van der Waals surface area contributed by atoms with Crippen molar-refractivity contribution in [3.63, 3.8) is 0 Å². The van der Waals surface area contributed by atoms with Gasteiger partial charge in [0.25, 0.3) is 0 Å². The Bertz CT molecular complexity index is 927. The molecule has 3 rings (SSSR count). The maximum absolute atomic E-state index is 11.0. The van der Waals surface area contributed by atoms with Gasteiger partial charge in [0.1, 0.15) is 11.5 Å². The highest BCUT2D eigenvalue weighted by Gasteiger charge is 2.20. The number of hydrogen-bond donors (Lipinski definition) is 8. The minimum atomic E-state index is 0.00830. The lowest BCUT2D eigenvalue weighted by atomic mass is 9.84. The van der Waals surface area contributed by atoms with Crippen LogP contribution in [-0.4, -0.2) is 62.6 Å². The maximum Gasteiger partial charge on any atom is 0.124 e. The first kappa shape index (κ1) is 32.3. The highest BCUT2D eigenvalue weighted by molar-refractivity contribution is 5.46. The van der Waals surface area contributed by atoms with Crippen molar-refractivity contribution in [2.24, 2.45) is 0 Å². The molecule has 8 nitrogen and oxygen atoms in total. The van der Waals surface area contributed by atoms with E-state index < -0.39 is 0 Å². The summed E-state index contributed by atoms with van der Waals surface area (Å²) in [7, 11) is 0. The van der Waals surface area contributed by atoms with Crippen LogP contribution in [0.4, 0.5) is 0 Å². The number of hydrogen-bond acceptors (Lipinski definition) is 8. The van der Waals surface area contributed by atoms with Crippen LogP contribution in [0.3, 0.4) is 0 Å². The minimum Gasteiger partial charge on any atom is -0.507 e. The minimum absolute atomic E-state index is 0.00830. The van der Waals surface area contributed by atoms with Gasteiger partial charge in [-0.15, -0.1) is 0 Å². The van der Waals surface area contributed by atoms with Crippen molar-refractivity contribution in [1.29, 1.82) is 0 Å². The standard InChI is InChI=1S/C32H54N6O2/c1-31(2,3)27-15-23-19-35-11-7-33-9-13-37-21-25-17-28(32(4,5)6)18-26(30(25)40)22-38-14-10-34-8-12-36-20-24(16-27)29(23)39/h15-18,33-40H,7-14,19-22H2,1-6H3. The molecule has 1 aliphatic heterocycles. The monoisotopic (exact) mass is 554 g/mol. The van der Waals surface area contributed by atoms with Crippen LogP contribution in [-0.2, 0) is 37.0 Å². The molecule has 0 saturated carbocycles. The third kappa shape index (κ3) is 10.0. The van der Waals surface area contributed by atoms with Crippen molar-refractivity contribution >= 4 is 0 Å². The number of aromatic hydroxyl groups is 2. The van der Waals surface area contributed by atoms with Gasteiger partial charge < -0.3 is 42.1 Å². The van der Waals surface area contributed by atoms with Gasteiger partial charge in [0, 0.05) is 101 Å². The molecule has 0 aliphatic carbocycles. The lowest BCUT2D eigenvalue weighted by molar-refractivity contribution is 0.449. The van der Waals surface area contributed by atoms with Gasteiger partial charge in [0.2, 0.25) is 0 Å². The summed E-state index contributed by atoms with van der Waals surface area (Å²) in [5, 5.41) is 42.9. The van der Waals surface area contributed by atoms with E-state index in [1.165, 1.54) is 11.1 Å². The first-order valence-corrected chi connectivity index (χ1v) is 14.9. The molecular formula is C32H54N6O2. The first-order chi connectivity index (χ1) is 19.0. The van der Waals surface area contributed by atoms with E-state index in [1.54, 1.807) is 0 Å². The zero-order valence-electron chi connectivity index (χ0n) is 25.7. The summed E-state index contributed by atoms with van der Waals surface area (Å²) in [6, 6.07) is 8.54. The number of fused-ring (bicyclic) bond motifs is 4. The average molecular weight is 555 g/mol. The number of phenolic OH excluding ortho intramolecular Hbond substituents is 2. The van der Waals surface area contributed by atoms with E-state index in [0.29, 0.717) is 37.7 Å². The second-order valence-corrected chi connectivity index (χ2v) is 13.0. The molecule has 8 N–H and O–H groups in total. The quantitative estimate of drug-likeness (QED) is 0.251. The molecule has 1 aliphatic rings. The number of benzene rings is 2. The van der Waals surface area contributed by atoms with Gasteiger partial charge in [-0.25, -0.2) is 0 Å². The molecule has 0 fully saturated rings. The summed E-state index contributed by atoms with van der Waals surface area (Å²) in [6.45, 7) is 22.4. The van der Waals surface area contributed by atoms with Crippen molar-refractivity contribution in [2.45, 2.75) is 78.6 Å². The van der Waals surface area contributed by atoms with Gasteiger partial charge in [0.15, 0.2) is 0 Å². The van der Waals surface area contributed by atoms with Crippen LogP contribution in [0.5, 0.6) is 11.5 Å². The zero-order chi connectivity index (χ0) is 29.2. The van der Waals surface area contributed by atoms with E-state index in [1.807, 2.05) is 0 Å². The topological polar surface area (TPSA) is 113 Å². The molecule has 4 bridgehead atoms. The molecule has 8 heteroatoms. The van der Waals surface area contributed by atoms with Crippen LogP contribution in [0.25, 0.3) is 0 Å². The molecule has 2 aromatic carbocycles. The molecular weight excluding hydrogens is 500 g/mol. The number of rotatable bonds is 0. The lowest BCUT2D eigenvalue weighted by Crippen LogP contribution is -2.33. The van der Waals surface area contributed by atoms with Crippen LogP contribution in [0.1, 0.15) is 74.9 Å². The molecule has 1 heterocycles. The largest absolute Gasteiger partial charge is 0.507 e. The van der Waals surface area contributed by atoms with Crippen LogP contribution < -0.4 is 31.9 Å². The Hall–Kier alpha value is -2.20. The Balaban J connectivity index is 1.66. The lowest BCUT2D eigenvalue weighted by Gasteiger charge is -2.23. The maximum atomic E-state index is 11.0. The highest BCUT2D eigenvalue weighted by atomic mass is 16.3. The SMILES string of the molecule is CC(C)(C)c1cc2c(O)c(c1)CNCCNCCNCc1cc(C(C)(C)C)cc(c1O)CNCCNCCNC2. The predicted molar refractivity (Wildman–Crippen MR) is 166 cm³/mol. The Labute approximate surface area is 242 Å². The van der Waals surface area contributed by atoms with E-state index in [-0.39, 0.29) is 10.8 Å². The summed E-state index contributed by atoms with van der Waals surface area (Å²) < 4.78 is 0. The van der Waals surface area contributed by atoms with E-state index in [0.717, 1.165) is 74.6 Å². The van der Waals surface area contributed by atoms with Crippen LogP contribution >= 0.6 is 0 Å². The second-order valence-electron chi connectivity index (χ2n) is 13.0. The van der Waals surface area contributed by atoms with Gasteiger partial charge in [-0.2, -0.15) is 0 Å². The Kier molecular flexibility index (Phi) is 12.2. The molecule has 0 aromatic heterocycles. The molecule has 224 valence electrons. The Morgan fingerprint density at radius 1 is 0.425 bits per heavy atom. The van der Waals surface area contributed by atoms with E-state index in [2.05, 4.69) is 97.7 Å². The average Bonchev–Trinajstić information content (AvgIpc) is 2.87. The van der Waals surface area contributed by atoms with Crippen LogP contribution in [0, 0.1) is 0 Å². The Morgan fingerprint density at radius 2 is 0.650 bits per heavy atom. The van der Waals surface area contributed by atoms with E-state index >= 15 is 0 Å².